The Morgan fingerprint density at radius 2 is 1.86 bits per heavy atom. The van der Waals surface area contributed by atoms with E-state index >= 15 is 0 Å². The third-order valence-corrected chi connectivity index (χ3v) is 3.30. The van der Waals surface area contributed by atoms with Gasteiger partial charge in [0.15, 0.2) is 11.5 Å². The Morgan fingerprint density at radius 3 is 2.67 bits per heavy atom. The molecule has 5 heteroatoms. The Labute approximate surface area is 123 Å². The molecule has 1 aliphatic heterocycles. The molecule has 1 aromatic heterocycles. The Bertz CT molecular complexity index is 585. The number of nitrogens with zero attached hydrogens (tertiary/aromatic N) is 1. The number of methoxy groups -OCH3 is 1. The summed E-state index contributed by atoms with van der Waals surface area (Å²) in [4.78, 5) is 4.01. The SMILES string of the molecule is COc1cc(CNCc2ccncc2)cc2c1OCCO2. The van der Waals surface area contributed by atoms with Crippen LogP contribution in [0.2, 0.25) is 0 Å². The highest BCUT2D eigenvalue weighted by Gasteiger charge is 2.18. The molecule has 3 rings (SSSR count). The van der Waals surface area contributed by atoms with Crippen molar-refractivity contribution >= 4 is 0 Å². The molecule has 0 saturated carbocycles. The van der Waals surface area contributed by atoms with Gasteiger partial charge in [-0.25, -0.2) is 0 Å². The monoisotopic (exact) mass is 286 g/mol. The van der Waals surface area contributed by atoms with Crippen molar-refractivity contribution in [2.75, 3.05) is 20.3 Å². The van der Waals surface area contributed by atoms with Crippen LogP contribution >= 0.6 is 0 Å². The van der Waals surface area contributed by atoms with E-state index in [1.54, 1.807) is 19.5 Å². The number of hydrogen-bond acceptors (Lipinski definition) is 5. The van der Waals surface area contributed by atoms with E-state index in [-0.39, 0.29) is 0 Å². The molecule has 0 bridgehead atoms. The number of nitrogens with one attached hydrogen (secondary N) is 1. The van der Waals surface area contributed by atoms with Crippen LogP contribution in [0.1, 0.15) is 11.1 Å². The second kappa shape index (κ2) is 6.45. The van der Waals surface area contributed by atoms with E-state index in [1.807, 2.05) is 24.3 Å². The summed E-state index contributed by atoms with van der Waals surface area (Å²) in [5.74, 6) is 2.16. The molecule has 0 fully saturated rings. The van der Waals surface area contributed by atoms with E-state index in [4.69, 9.17) is 14.2 Å². The first-order chi connectivity index (χ1) is 10.4. The number of rotatable bonds is 5. The molecule has 1 aliphatic rings. The van der Waals surface area contributed by atoms with E-state index in [2.05, 4.69) is 10.3 Å². The summed E-state index contributed by atoms with van der Waals surface area (Å²) in [6.45, 7) is 2.65. The van der Waals surface area contributed by atoms with E-state index in [0.29, 0.717) is 24.7 Å². The van der Waals surface area contributed by atoms with Gasteiger partial charge >= 0.3 is 0 Å². The van der Waals surface area contributed by atoms with Gasteiger partial charge in [0.25, 0.3) is 0 Å². The maximum absolute atomic E-state index is 5.63. The van der Waals surface area contributed by atoms with Gasteiger partial charge in [0.05, 0.1) is 7.11 Å². The fraction of sp³-hybridized carbons (Fsp3) is 0.312. The van der Waals surface area contributed by atoms with Gasteiger partial charge in [-0.1, -0.05) is 0 Å². The fourth-order valence-electron chi connectivity index (χ4n) is 2.28. The van der Waals surface area contributed by atoms with E-state index < -0.39 is 0 Å². The molecule has 0 amide bonds. The van der Waals surface area contributed by atoms with Crippen LogP contribution < -0.4 is 19.5 Å². The van der Waals surface area contributed by atoms with Gasteiger partial charge < -0.3 is 19.5 Å². The molecule has 0 unspecified atom stereocenters. The highest BCUT2D eigenvalue weighted by Crippen LogP contribution is 2.40. The molecule has 1 aromatic carbocycles. The van der Waals surface area contributed by atoms with Crippen LogP contribution in [0.5, 0.6) is 17.2 Å². The molecule has 1 N–H and O–H groups in total. The second-order valence-electron chi connectivity index (χ2n) is 4.78. The van der Waals surface area contributed by atoms with Crippen molar-refractivity contribution < 1.29 is 14.2 Å². The molecule has 21 heavy (non-hydrogen) atoms. The van der Waals surface area contributed by atoms with E-state index in [9.17, 15) is 0 Å². The highest BCUT2D eigenvalue weighted by atomic mass is 16.6. The van der Waals surface area contributed by atoms with Crippen molar-refractivity contribution in [1.82, 2.24) is 10.3 Å². The minimum absolute atomic E-state index is 0.559. The summed E-state index contributed by atoms with van der Waals surface area (Å²) in [5, 5.41) is 3.40. The molecule has 2 aromatic rings. The average molecular weight is 286 g/mol. The van der Waals surface area contributed by atoms with Crippen LogP contribution in [0, 0.1) is 0 Å². The number of aromatic nitrogens is 1. The summed E-state index contributed by atoms with van der Waals surface area (Å²) in [5.41, 5.74) is 2.31. The highest BCUT2D eigenvalue weighted by molar-refractivity contribution is 5.54. The third kappa shape index (κ3) is 3.25. The standard InChI is InChI=1S/C16H18N2O3/c1-19-14-8-13(9-15-16(14)21-7-6-20-15)11-18-10-12-2-4-17-5-3-12/h2-5,8-9,18H,6-7,10-11H2,1H3. The number of hydrogen-bond donors (Lipinski definition) is 1. The minimum atomic E-state index is 0.559. The first-order valence-electron chi connectivity index (χ1n) is 6.93. The van der Waals surface area contributed by atoms with E-state index in [1.165, 1.54) is 5.56 Å². The second-order valence-corrected chi connectivity index (χ2v) is 4.78. The fourth-order valence-corrected chi connectivity index (χ4v) is 2.28. The Balaban J connectivity index is 1.68. The smallest absolute Gasteiger partial charge is 0.203 e. The lowest BCUT2D eigenvalue weighted by atomic mass is 10.1. The molecule has 0 atom stereocenters. The quantitative estimate of drug-likeness (QED) is 0.912. The van der Waals surface area contributed by atoms with Gasteiger partial charge in [-0.15, -0.1) is 0 Å². The Hall–Kier alpha value is -2.27. The Kier molecular flexibility index (Phi) is 4.21. The molecule has 0 saturated heterocycles. The van der Waals surface area contributed by atoms with Crippen molar-refractivity contribution in [3.63, 3.8) is 0 Å². The zero-order valence-electron chi connectivity index (χ0n) is 12.0. The normalized spacial score (nSPS) is 13.0. The molecule has 110 valence electrons. The van der Waals surface area contributed by atoms with Gasteiger partial charge in [-0.2, -0.15) is 0 Å². The van der Waals surface area contributed by atoms with Crippen LogP contribution in [-0.2, 0) is 13.1 Å². The van der Waals surface area contributed by atoms with Gasteiger partial charge in [-0.05, 0) is 35.4 Å². The van der Waals surface area contributed by atoms with Gasteiger partial charge in [0.2, 0.25) is 5.75 Å². The predicted molar refractivity (Wildman–Crippen MR) is 78.8 cm³/mol. The molecular weight excluding hydrogens is 268 g/mol. The van der Waals surface area contributed by atoms with Crippen molar-refractivity contribution in [2.45, 2.75) is 13.1 Å². The summed E-state index contributed by atoms with van der Waals surface area (Å²) in [6, 6.07) is 7.97. The first kappa shape index (κ1) is 13.7. The molecule has 2 heterocycles. The molecule has 0 aliphatic carbocycles. The minimum Gasteiger partial charge on any atom is -0.493 e. The number of fused-ring (bicyclic) bond motifs is 1. The van der Waals surface area contributed by atoms with Crippen molar-refractivity contribution in [1.29, 1.82) is 0 Å². The summed E-state index contributed by atoms with van der Waals surface area (Å²) < 4.78 is 16.6. The zero-order chi connectivity index (χ0) is 14.5. The largest absolute Gasteiger partial charge is 0.493 e. The third-order valence-electron chi connectivity index (χ3n) is 3.30. The summed E-state index contributed by atoms with van der Waals surface area (Å²) >= 11 is 0. The summed E-state index contributed by atoms with van der Waals surface area (Å²) in [6.07, 6.45) is 3.59. The van der Waals surface area contributed by atoms with Gasteiger partial charge in [-0.3, -0.25) is 4.98 Å². The van der Waals surface area contributed by atoms with Crippen LogP contribution in [0.25, 0.3) is 0 Å². The molecule has 0 radical (unpaired) electrons. The summed E-state index contributed by atoms with van der Waals surface area (Å²) in [7, 11) is 1.64. The topological polar surface area (TPSA) is 52.6 Å². The molecule has 0 spiro atoms. The van der Waals surface area contributed by atoms with E-state index in [0.717, 1.165) is 24.4 Å². The van der Waals surface area contributed by atoms with Gasteiger partial charge in [0, 0.05) is 25.5 Å². The van der Waals surface area contributed by atoms with Gasteiger partial charge in [0.1, 0.15) is 13.2 Å². The van der Waals surface area contributed by atoms with Crippen LogP contribution in [0.15, 0.2) is 36.7 Å². The van der Waals surface area contributed by atoms with Crippen LogP contribution in [-0.4, -0.2) is 25.3 Å². The number of ether oxygens (including phenoxy) is 3. The zero-order valence-corrected chi connectivity index (χ0v) is 12.0. The lowest BCUT2D eigenvalue weighted by molar-refractivity contribution is 0.165. The van der Waals surface area contributed by atoms with Crippen molar-refractivity contribution in [3.05, 3.63) is 47.8 Å². The Morgan fingerprint density at radius 1 is 1.10 bits per heavy atom. The first-order valence-corrected chi connectivity index (χ1v) is 6.93. The van der Waals surface area contributed by atoms with Crippen molar-refractivity contribution in [3.8, 4) is 17.2 Å². The van der Waals surface area contributed by atoms with Crippen molar-refractivity contribution in [2.24, 2.45) is 0 Å². The lowest BCUT2D eigenvalue weighted by Gasteiger charge is -2.21. The maximum Gasteiger partial charge on any atom is 0.203 e. The number of benzene rings is 1. The maximum atomic E-state index is 5.63. The van der Waals surface area contributed by atoms with Crippen LogP contribution in [0.4, 0.5) is 0 Å². The molecule has 5 nitrogen and oxygen atoms in total. The lowest BCUT2D eigenvalue weighted by Crippen LogP contribution is -2.17. The number of pyridine rings is 1. The molecular formula is C16H18N2O3. The predicted octanol–water partition coefficient (Wildman–Crippen LogP) is 2.15. The van der Waals surface area contributed by atoms with Crippen LogP contribution in [0.3, 0.4) is 0 Å². The average Bonchev–Trinajstić information content (AvgIpc) is 2.55.